The van der Waals surface area contributed by atoms with Crippen LogP contribution in [0.5, 0.6) is 0 Å². The number of halogens is 3. The van der Waals surface area contributed by atoms with E-state index in [9.17, 15) is 13.2 Å². The van der Waals surface area contributed by atoms with Crippen molar-refractivity contribution in [3.63, 3.8) is 0 Å². The summed E-state index contributed by atoms with van der Waals surface area (Å²) in [5.74, 6) is 0. The summed E-state index contributed by atoms with van der Waals surface area (Å²) in [4.78, 5) is 0. The van der Waals surface area contributed by atoms with Gasteiger partial charge in [0, 0.05) is 5.69 Å². The standard InChI is InChI=1S/C8H7F3N2S.Na.H/c9-8(10,11)5-1-3-6(4-2-5)13-7(12)14;;/h1-4H,(H3,12,13,14);;. The van der Waals surface area contributed by atoms with Crippen molar-refractivity contribution in [2.45, 2.75) is 6.18 Å². The van der Waals surface area contributed by atoms with E-state index in [1.54, 1.807) is 0 Å². The van der Waals surface area contributed by atoms with E-state index in [1.807, 2.05) is 0 Å². The molecule has 0 aromatic heterocycles. The fourth-order valence-electron chi connectivity index (χ4n) is 0.879. The third-order valence-electron chi connectivity index (χ3n) is 1.47. The van der Waals surface area contributed by atoms with Crippen LogP contribution in [0.3, 0.4) is 0 Å². The van der Waals surface area contributed by atoms with Gasteiger partial charge in [-0.15, -0.1) is 12.6 Å². The average molecular weight is 244 g/mol. The third kappa shape index (κ3) is 4.92. The molecule has 0 saturated heterocycles. The van der Waals surface area contributed by atoms with E-state index in [-0.39, 0.29) is 34.7 Å². The summed E-state index contributed by atoms with van der Waals surface area (Å²) in [7, 11) is 0. The predicted molar refractivity (Wildman–Crippen MR) is 58.9 cm³/mol. The topological polar surface area (TPSA) is 35.9 Å². The van der Waals surface area contributed by atoms with Gasteiger partial charge in [-0.25, -0.2) is 0 Å². The van der Waals surface area contributed by atoms with Gasteiger partial charge in [0.15, 0.2) is 5.17 Å². The molecule has 0 amide bonds. The molecule has 7 heteroatoms. The maximum atomic E-state index is 12.1. The summed E-state index contributed by atoms with van der Waals surface area (Å²) >= 11 is 3.64. The molecule has 0 unspecified atom stereocenters. The number of alkyl halides is 3. The Balaban J connectivity index is 0.00000196. The number of rotatable bonds is 1. The number of amidine groups is 1. The normalized spacial score (nSPS) is 10.4. The molecular weight excluding hydrogens is 236 g/mol. The molecule has 2 nitrogen and oxygen atoms in total. The third-order valence-corrected chi connectivity index (χ3v) is 1.59. The van der Waals surface area contributed by atoms with Crippen molar-refractivity contribution in [3.05, 3.63) is 29.8 Å². The van der Waals surface area contributed by atoms with Gasteiger partial charge in [0.25, 0.3) is 0 Å². The number of hydrogen-bond acceptors (Lipinski definition) is 1. The fraction of sp³-hybridized carbons (Fsp3) is 0.125. The second-order valence-electron chi connectivity index (χ2n) is 2.55. The molecule has 0 aliphatic heterocycles. The maximum absolute atomic E-state index is 12.1. The van der Waals surface area contributed by atoms with Crippen molar-refractivity contribution in [1.82, 2.24) is 0 Å². The van der Waals surface area contributed by atoms with Gasteiger partial charge in [0.2, 0.25) is 0 Å². The van der Waals surface area contributed by atoms with Crippen LogP contribution in [0.2, 0.25) is 0 Å². The van der Waals surface area contributed by atoms with Crippen LogP contribution in [0.25, 0.3) is 0 Å². The first-order chi connectivity index (χ1) is 6.39. The SMILES string of the molecule is N=C(S)Nc1ccc(C(F)(F)F)cc1.[NaH]. The number of benzene rings is 1. The van der Waals surface area contributed by atoms with Gasteiger partial charge in [0.1, 0.15) is 0 Å². The molecule has 0 spiro atoms. The van der Waals surface area contributed by atoms with Gasteiger partial charge in [-0.1, -0.05) is 0 Å². The quantitative estimate of drug-likeness (QED) is 0.301. The summed E-state index contributed by atoms with van der Waals surface area (Å²) in [6.45, 7) is 0. The second kappa shape index (κ2) is 5.79. The Kier molecular flexibility index (Phi) is 5.72. The summed E-state index contributed by atoms with van der Waals surface area (Å²) in [5.41, 5.74) is -0.313. The predicted octanol–water partition coefficient (Wildman–Crippen LogP) is 2.33. The van der Waals surface area contributed by atoms with Gasteiger partial charge >= 0.3 is 35.7 Å². The van der Waals surface area contributed by atoms with E-state index >= 15 is 0 Å². The van der Waals surface area contributed by atoms with E-state index in [4.69, 9.17) is 5.41 Å². The molecule has 0 bridgehead atoms. The summed E-state index contributed by atoms with van der Waals surface area (Å²) in [6.07, 6.45) is -4.33. The van der Waals surface area contributed by atoms with E-state index in [0.717, 1.165) is 12.1 Å². The van der Waals surface area contributed by atoms with Gasteiger partial charge < -0.3 is 5.32 Å². The molecule has 78 valence electrons. The van der Waals surface area contributed by atoms with Gasteiger partial charge in [-0.3, -0.25) is 5.41 Å². The molecule has 0 atom stereocenters. The molecule has 1 aromatic carbocycles. The molecule has 15 heavy (non-hydrogen) atoms. The molecule has 0 saturated carbocycles. The zero-order valence-corrected chi connectivity index (χ0v) is 7.78. The van der Waals surface area contributed by atoms with Crippen LogP contribution >= 0.6 is 12.6 Å². The van der Waals surface area contributed by atoms with Crippen molar-refractivity contribution in [2.24, 2.45) is 0 Å². The first-order valence-electron chi connectivity index (χ1n) is 3.61. The van der Waals surface area contributed by atoms with Crippen LogP contribution in [0.1, 0.15) is 5.56 Å². The number of hydrogen-bond donors (Lipinski definition) is 3. The van der Waals surface area contributed by atoms with E-state index in [1.165, 1.54) is 12.1 Å². The van der Waals surface area contributed by atoms with Crippen LogP contribution < -0.4 is 5.32 Å². The molecule has 0 heterocycles. The summed E-state index contributed by atoms with van der Waals surface area (Å²) in [5, 5.41) is 9.28. The number of nitrogens with one attached hydrogen (secondary N) is 2. The first kappa shape index (κ1) is 14.8. The Bertz CT molecular complexity index is 337. The molecule has 1 aromatic rings. The van der Waals surface area contributed by atoms with Gasteiger partial charge in [-0.2, -0.15) is 13.2 Å². The molecular formula is C8H8F3N2NaS. The molecule has 0 aliphatic carbocycles. The van der Waals surface area contributed by atoms with Gasteiger partial charge in [-0.05, 0) is 24.3 Å². The van der Waals surface area contributed by atoms with E-state index < -0.39 is 11.7 Å². The van der Waals surface area contributed by atoms with Crippen molar-refractivity contribution >= 4 is 53.0 Å². The summed E-state index contributed by atoms with van der Waals surface area (Å²) in [6, 6.07) is 4.37. The molecule has 2 N–H and O–H groups in total. The Labute approximate surface area is 112 Å². The molecule has 0 aliphatic rings. The van der Waals surface area contributed by atoms with E-state index in [0.29, 0.717) is 5.69 Å². The van der Waals surface area contributed by atoms with Crippen LogP contribution in [0.4, 0.5) is 18.9 Å². The number of thiol groups is 1. The zero-order chi connectivity index (χ0) is 10.8. The van der Waals surface area contributed by atoms with Crippen molar-refractivity contribution in [3.8, 4) is 0 Å². The Morgan fingerprint density at radius 2 is 1.67 bits per heavy atom. The van der Waals surface area contributed by atoms with Gasteiger partial charge in [0.05, 0.1) is 5.56 Å². The Hall–Kier alpha value is -0.170. The minimum atomic E-state index is -4.33. The molecule has 0 radical (unpaired) electrons. The molecule has 0 fully saturated rings. The zero-order valence-electron chi connectivity index (χ0n) is 6.89. The molecule has 1 rings (SSSR count). The average Bonchev–Trinajstić information content (AvgIpc) is 2.02. The van der Waals surface area contributed by atoms with Crippen LogP contribution in [0, 0.1) is 5.41 Å². The van der Waals surface area contributed by atoms with Crippen molar-refractivity contribution in [2.75, 3.05) is 5.32 Å². The number of anilines is 1. The van der Waals surface area contributed by atoms with Crippen LogP contribution in [-0.4, -0.2) is 34.7 Å². The van der Waals surface area contributed by atoms with Crippen LogP contribution in [-0.2, 0) is 6.18 Å². The summed E-state index contributed by atoms with van der Waals surface area (Å²) < 4.78 is 36.3. The van der Waals surface area contributed by atoms with Crippen molar-refractivity contribution in [1.29, 1.82) is 5.41 Å². The van der Waals surface area contributed by atoms with E-state index in [2.05, 4.69) is 17.9 Å². The van der Waals surface area contributed by atoms with Crippen molar-refractivity contribution < 1.29 is 13.2 Å². The Morgan fingerprint density at radius 3 is 2.00 bits per heavy atom. The minimum absolute atomic E-state index is 0. The second-order valence-corrected chi connectivity index (χ2v) is 3.00. The first-order valence-corrected chi connectivity index (χ1v) is 4.06. The van der Waals surface area contributed by atoms with Crippen LogP contribution in [0.15, 0.2) is 24.3 Å². The Morgan fingerprint density at radius 1 is 1.20 bits per heavy atom. The monoisotopic (exact) mass is 244 g/mol. The fourth-order valence-corrected chi connectivity index (χ4v) is 1.01.